The Labute approximate surface area is 178 Å². The minimum Gasteiger partial charge on any atom is -0.366 e. The molecule has 0 spiro atoms. The molecule has 4 nitrogen and oxygen atoms in total. The van der Waals surface area contributed by atoms with Gasteiger partial charge in [-0.05, 0) is 53.3 Å². The number of aryl methyl sites for hydroxylation is 1. The quantitative estimate of drug-likeness (QED) is 0.406. The van der Waals surface area contributed by atoms with Crippen molar-refractivity contribution in [2.75, 3.05) is 5.32 Å². The minimum atomic E-state index is -6.25. The lowest BCUT2D eigenvalue weighted by atomic mass is 9.92. The van der Waals surface area contributed by atoms with Crippen molar-refractivity contribution < 1.29 is 40.3 Å². The molecule has 30 heavy (non-hydrogen) atoms. The molecule has 0 atom stereocenters. The van der Waals surface area contributed by atoms with E-state index in [1.165, 1.54) is 18.2 Å². The number of nitrogens with one attached hydrogen (secondary N) is 1. The number of rotatable bonds is 4. The summed E-state index contributed by atoms with van der Waals surface area (Å²) >= 11 is 1.76. The van der Waals surface area contributed by atoms with Gasteiger partial charge >= 0.3 is 18.0 Å². The number of hydrogen-bond donors (Lipinski definition) is 2. The number of hydrogen-bond acceptors (Lipinski definition) is 2. The van der Waals surface area contributed by atoms with E-state index in [1.54, 1.807) is 22.6 Å². The van der Waals surface area contributed by atoms with Crippen LogP contribution in [0.15, 0.2) is 36.4 Å². The van der Waals surface area contributed by atoms with Crippen LogP contribution in [-0.4, -0.2) is 24.2 Å². The van der Waals surface area contributed by atoms with Crippen molar-refractivity contribution >= 4 is 40.1 Å². The van der Waals surface area contributed by atoms with Crippen molar-refractivity contribution in [1.29, 1.82) is 0 Å². The highest BCUT2D eigenvalue weighted by Gasteiger charge is 2.73. The summed E-state index contributed by atoms with van der Waals surface area (Å²) in [6, 6.07) is 5.57. The molecule has 0 saturated heterocycles. The fraction of sp³-hybridized carbons (Fsp3) is 0.222. The Morgan fingerprint density at radius 2 is 1.53 bits per heavy atom. The second-order valence-electron chi connectivity index (χ2n) is 6.16. The number of carbonyl (C=O) groups is 2. The van der Waals surface area contributed by atoms with Gasteiger partial charge in [0.25, 0.3) is 11.8 Å². The third-order valence-corrected chi connectivity index (χ3v) is 5.06. The van der Waals surface area contributed by atoms with Crippen LogP contribution in [0.25, 0.3) is 0 Å². The largest absolute Gasteiger partial charge is 0.435 e. The molecule has 0 heterocycles. The first-order valence-electron chi connectivity index (χ1n) is 7.94. The first-order chi connectivity index (χ1) is 13.6. The van der Waals surface area contributed by atoms with Gasteiger partial charge in [0.2, 0.25) is 0 Å². The fourth-order valence-electron chi connectivity index (χ4n) is 2.66. The van der Waals surface area contributed by atoms with Gasteiger partial charge in [-0.3, -0.25) is 9.59 Å². The lowest BCUT2D eigenvalue weighted by Crippen LogP contribution is -2.50. The zero-order chi connectivity index (χ0) is 23.1. The average molecular weight is 548 g/mol. The van der Waals surface area contributed by atoms with Gasteiger partial charge in [-0.1, -0.05) is 18.2 Å². The lowest BCUT2D eigenvalue weighted by Gasteiger charge is -2.30. The van der Waals surface area contributed by atoms with Crippen molar-refractivity contribution in [3.05, 3.63) is 62.2 Å². The molecule has 162 valence electrons. The molecule has 2 aromatic rings. The Hall–Kier alpha value is -2.38. The van der Waals surface area contributed by atoms with E-state index in [9.17, 15) is 40.3 Å². The van der Waals surface area contributed by atoms with E-state index in [-0.39, 0.29) is 28.4 Å². The predicted octanol–water partition coefficient (Wildman–Crippen LogP) is 5.24. The van der Waals surface area contributed by atoms with E-state index in [4.69, 9.17) is 5.73 Å². The first kappa shape index (κ1) is 23.9. The number of halogens is 8. The smallest absolute Gasteiger partial charge is 0.366 e. The molecule has 2 amide bonds. The standard InChI is InChI=1S/C18H12F7IN2O2/c1-8-7-9(16(19,17(20,21)22)18(23,24)25)5-6-12(8)28-15(30)10-3-2-4-11(26)13(10)14(27)29/h2-7H,1H3,(H2,27,29)(H,28,30). The maximum Gasteiger partial charge on any atom is 0.435 e. The van der Waals surface area contributed by atoms with E-state index in [1.807, 2.05) is 0 Å². The maximum atomic E-state index is 14.2. The van der Waals surface area contributed by atoms with E-state index in [0.717, 1.165) is 6.92 Å². The van der Waals surface area contributed by atoms with Crippen LogP contribution in [0, 0.1) is 10.5 Å². The summed E-state index contributed by atoms with van der Waals surface area (Å²) < 4.78 is 91.9. The highest BCUT2D eigenvalue weighted by Crippen LogP contribution is 2.53. The van der Waals surface area contributed by atoms with Crippen LogP contribution in [0.3, 0.4) is 0 Å². The molecule has 0 bridgehead atoms. The Kier molecular flexibility index (Phi) is 6.40. The Morgan fingerprint density at radius 1 is 0.967 bits per heavy atom. The van der Waals surface area contributed by atoms with Crippen molar-refractivity contribution in [2.24, 2.45) is 5.73 Å². The third kappa shape index (κ3) is 4.23. The van der Waals surface area contributed by atoms with Crippen LogP contribution in [0.2, 0.25) is 0 Å². The highest BCUT2D eigenvalue weighted by atomic mass is 127. The summed E-state index contributed by atoms with van der Waals surface area (Å²) in [5.74, 6) is -1.79. The van der Waals surface area contributed by atoms with Gasteiger partial charge in [-0.15, -0.1) is 0 Å². The number of amides is 2. The molecule has 0 aromatic heterocycles. The van der Waals surface area contributed by atoms with E-state index in [0.29, 0.717) is 15.7 Å². The number of carbonyl (C=O) groups excluding carboxylic acids is 2. The van der Waals surface area contributed by atoms with Crippen LogP contribution < -0.4 is 11.1 Å². The minimum absolute atomic E-state index is 0.109. The Morgan fingerprint density at radius 3 is 2.00 bits per heavy atom. The number of primary amides is 1. The average Bonchev–Trinajstić information content (AvgIpc) is 2.60. The second kappa shape index (κ2) is 8.04. The molecule has 0 aliphatic heterocycles. The number of alkyl halides is 7. The molecule has 2 rings (SSSR count). The third-order valence-electron chi connectivity index (χ3n) is 4.16. The summed E-state index contributed by atoms with van der Waals surface area (Å²) in [7, 11) is 0. The molecule has 0 saturated carbocycles. The molecular formula is C18H12F7IN2O2. The van der Waals surface area contributed by atoms with Gasteiger partial charge in [0.1, 0.15) is 0 Å². The van der Waals surface area contributed by atoms with Crippen LogP contribution >= 0.6 is 22.6 Å². The molecular weight excluding hydrogens is 536 g/mol. The predicted molar refractivity (Wildman–Crippen MR) is 102 cm³/mol. The molecule has 12 heteroatoms. The number of benzene rings is 2. The number of nitrogens with two attached hydrogens (primary N) is 1. The topological polar surface area (TPSA) is 72.2 Å². The van der Waals surface area contributed by atoms with E-state index >= 15 is 0 Å². The fourth-order valence-corrected chi connectivity index (χ4v) is 3.42. The van der Waals surface area contributed by atoms with Gasteiger partial charge in [0.05, 0.1) is 11.1 Å². The molecule has 0 aliphatic carbocycles. The van der Waals surface area contributed by atoms with Crippen LogP contribution in [-0.2, 0) is 5.67 Å². The SMILES string of the molecule is Cc1cc(C(F)(C(F)(F)F)C(F)(F)F)ccc1NC(=O)c1cccc(I)c1C(N)=O. The van der Waals surface area contributed by atoms with Gasteiger partial charge < -0.3 is 11.1 Å². The lowest BCUT2D eigenvalue weighted by molar-refractivity contribution is -0.348. The van der Waals surface area contributed by atoms with Crippen LogP contribution in [0.4, 0.5) is 36.4 Å². The van der Waals surface area contributed by atoms with Gasteiger partial charge in [0, 0.05) is 14.8 Å². The zero-order valence-electron chi connectivity index (χ0n) is 14.9. The summed E-state index contributed by atoms with van der Waals surface area (Å²) in [6.07, 6.45) is -12.5. The molecule has 0 aliphatic rings. The van der Waals surface area contributed by atoms with E-state index in [2.05, 4.69) is 5.32 Å². The van der Waals surface area contributed by atoms with Crippen molar-refractivity contribution in [2.45, 2.75) is 24.9 Å². The molecule has 0 fully saturated rings. The Bertz CT molecular complexity index is 989. The van der Waals surface area contributed by atoms with Crippen molar-refractivity contribution in [3.63, 3.8) is 0 Å². The first-order valence-corrected chi connectivity index (χ1v) is 9.02. The van der Waals surface area contributed by atoms with Gasteiger partial charge in [0.15, 0.2) is 0 Å². The molecule has 0 unspecified atom stereocenters. The molecule has 2 aromatic carbocycles. The normalized spacial score (nSPS) is 12.6. The number of anilines is 1. The summed E-state index contributed by atoms with van der Waals surface area (Å²) in [5, 5.41) is 2.27. The van der Waals surface area contributed by atoms with Crippen LogP contribution in [0.1, 0.15) is 31.8 Å². The van der Waals surface area contributed by atoms with Crippen LogP contribution in [0.5, 0.6) is 0 Å². The summed E-state index contributed by atoms with van der Waals surface area (Å²) in [6.45, 7) is 1.09. The van der Waals surface area contributed by atoms with Crippen molar-refractivity contribution in [3.8, 4) is 0 Å². The highest BCUT2D eigenvalue weighted by molar-refractivity contribution is 14.1. The summed E-state index contributed by atoms with van der Waals surface area (Å²) in [5.41, 5.74) is -2.71. The van der Waals surface area contributed by atoms with Crippen molar-refractivity contribution in [1.82, 2.24) is 0 Å². The zero-order valence-corrected chi connectivity index (χ0v) is 17.0. The molecule has 0 radical (unpaired) electrons. The Balaban J connectivity index is 2.46. The van der Waals surface area contributed by atoms with E-state index < -0.39 is 35.4 Å². The summed E-state index contributed by atoms with van der Waals surface area (Å²) in [4.78, 5) is 24.1. The van der Waals surface area contributed by atoms with Gasteiger partial charge in [-0.2, -0.15) is 26.3 Å². The van der Waals surface area contributed by atoms with Gasteiger partial charge in [-0.25, -0.2) is 4.39 Å². The second-order valence-corrected chi connectivity index (χ2v) is 7.33. The molecule has 3 N–H and O–H groups in total. The maximum absolute atomic E-state index is 14.2. The monoisotopic (exact) mass is 548 g/mol.